The molecule has 1 atom stereocenters. The van der Waals surface area contributed by atoms with Crippen molar-refractivity contribution in [3.05, 3.63) is 34.9 Å². The summed E-state index contributed by atoms with van der Waals surface area (Å²) < 4.78 is 0. The Bertz CT molecular complexity index is 317. The Kier molecular flexibility index (Phi) is 2.87. The van der Waals surface area contributed by atoms with Crippen molar-refractivity contribution in [1.82, 2.24) is 0 Å². The predicted molar refractivity (Wildman–Crippen MR) is 60.3 cm³/mol. The van der Waals surface area contributed by atoms with Gasteiger partial charge in [0.05, 0.1) is 0 Å². The minimum absolute atomic E-state index is 0.298. The van der Waals surface area contributed by atoms with E-state index in [0.717, 1.165) is 6.42 Å². The van der Waals surface area contributed by atoms with Crippen LogP contribution in [0.15, 0.2) is 18.2 Å². The molecule has 0 heterocycles. The lowest BCUT2D eigenvalue weighted by atomic mass is 9.98. The molecule has 14 heavy (non-hydrogen) atoms. The highest BCUT2D eigenvalue weighted by molar-refractivity contribution is 5.40. The van der Waals surface area contributed by atoms with Gasteiger partial charge in [0.15, 0.2) is 0 Å². The third-order valence-electron chi connectivity index (χ3n) is 3.21. The topological polar surface area (TPSA) is 26.0 Å². The van der Waals surface area contributed by atoms with Crippen LogP contribution in [-0.4, -0.2) is 0 Å². The van der Waals surface area contributed by atoms with Crippen LogP contribution in [0.4, 0.5) is 0 Å². The number of rotatable bonds is 3. The van der Waals surface area contributed by atoms with E-state index in [9.17, 15) is 0 Å². The Labute approximate surface area is 86.3 Å². The largest absolute Gasteiger partial charge is 0.324 e. The van der Waals surface area contributed by atoms with Crippen molar-refractivity contribution in [3.63, 3.8) is 0 Å². The van der Waals surface area contributed by atoms with Crippen molar-refractivity contribution in [2.75, 3.05) is 0 Å². The smallest absolute Gasteiger partial charge is 0.0300 e. The molecule has 0 aromatic heterocycles. The molecule has 1 aromatic rings. The van der Waals surface area contributed by atoms with E-state index in [1.807, 2.05) is 0 Å². The summed E-state index contributed by atoms with van der Waals surface area (Å²) in [5, 5.41) is 0. The maximum Gasteiger partial charge on any atom is 0.0300 e. The summed E-state index contributed by atoms with van der Waals surface area (Å²) in [5.74, 6) is 0. The van der Waals surface area contributed by atoms with Crippen LogP contribution in [0.3, 0.4) is 0 Å². The Balaban J connectivity index is 2.25. The van der Waals surface area contributed by atoms with E-state index in [4.69, 9.17) is 5.73 Å². The fraction of sp³-hybridized carbons (Fsp3) is 0.538. The summed E-state index contributed by atoms with van der Waals surface area (Å²) in [7, 11) is 0. The zero-order valence-corrected chi connectivity index (χ0v) is 8.92. The van der Waals surface area contributed by atoms with Crippen LogP contribution in [0.2, 0.25) is 0 Å². The number of hydrogen-bond donors (Lipinski definition) is 1. The predicted octanol–water partition coefficient (Wildman–Crippen LogP) is 2.98. The van der Waals surface area contributed by atoms with Crippen molar-refractivity contribution in [2.45, 2.75) is 45.1 Å². The molecule has 1 unspecified atom stereocenters. The van der Waals surface area contributed by atoms with Crippen LogP contribution < -0.4 is 5.73 Å². The van der Waals surface area contributed by atoms with E-state index in [2.05, 4.69) is 25.1 Å². The average Bonchev–Trinajstić information content (AvgIpc) is 2.58. The molecule has 0 amide bonds. The Morgan fingerprint density at radius 3 is 3.07 bits per heavy atom. The summed E-state index contributed by atoms with van der Waals surface area (Å²) >= 11 is 0. The molecule has 1 heteroatoms. The van der Waals surface area contributed by atoms with Gasteiger partial charge in [0.25, 0.3) is 0 Å². The summed E-state index contributed by atoms with van der Waals surface area (Å²) in [4.78, 5) is 0. The molecular weight excluding hydrogens is 170 g/mol. The van der Waals surface area contributed by atoms with Crippen molar-refractivity contribution in [1.29, 1.82) is 0 Å². The second-order valence-corrected chi connectivity index (χ2v) is 4.23. The number of fused-ring (bicyclic) bond motifs is 1. The summed E-state index contributed by atoms with van der Waals surface area (Å²) in [6.45, 7) is 2.24. The van der Waals surface area contributed by atoms with Crippen molar-refractivity contribution < 1.29 is 0 Å². The van der Waals surface area contributed by atoms with Gasteiger partial charge in [-0.25, -0.2) is 0 Å². The molecule has 1 aliphatic rings. The highest BCUT2D eigenvalue weighted by Gasteiger charge is 2.20. The van der Waals surface area contributed by atoms with E-state index in [1.165, 1.54) is 36.8 Å². The summed E-state index contributed by atoms with van der Waals surface area (Å²) in [5.41, 5.74) is 10.5. The lowest BCUT2D eigenvalue weighted by molar-refractivity contribution is 0.712. The van der Waals surface area contributed by atoms with Crippen LogP contribution >= 0.6 is 0 Å². The van der Waals surface area contributed by atoms with Gasteiger partial charge in [0.2, 0.25) is 0 Å². The van der Waals surface area contributed by atoms with Gasteiger partial charge >= 0.3 is 0 Å². The molecule has 0 fully saturated rings. The molecule has 0 radical (unpaired) electrons. The first kappa shape index (κ1) is 9.72. The minimum Gasteiger partial charge on any atom is -0.324 e. The number of benzene rings is 1. The molecule has 0 saturated carbocycles. The van der Waals surface area contributed by atoms with E-state index in [0.29, 0.717) is 6.04 Å². The van der Waals surface area contributed by atoms with Gasteiger partial charge in [-0.05, 0) is 42.4 Å². The molecule has 0 spiro atoms. The van der Waals surface area contributed by atoms with Crippen molar-refractivity contribution in [2.24, 2.45) is 5.73 Å². The molecule has 0 saturated heterocycles. The lowest BCUT2D eigenvalue weighted by Gasteiger charge is -2.08. The van der Waals surface area contributed by atoms with Crippen LogP contribution in [0.1, 0.15) is 48.9 Å². The Hall–Kier alpha value is -0.820. The van der Waals surface area contributed by atoms with Crippen LogP contribution in [-0.2, 0) is 12.8 Å². The van der Waals surface area contributed by atoms with Crippen molar-refractivity contribution in [3.8, 4) is 0 Å². The Morgan fingerprint density at radius 2 is 2.29 bits per heavy atom. The number of hydrogen-bond acceptors (Lipinski definition) is 1. The second kappa shape index (κ2) is 4.14. The molecule has 1 nitrogen and oxygen atoms in total. The molecule has 1 aliphatic carbocycles. The standard InChI is InChI=1S/C13H19N/c1-2-3-5-10-6-4-7-12-11(10)8-9-13(12)14/h4,6-7,13H,2-3,5,8-9,14H2,1H3. The zero-order chi connectivity index (χ0) is 9.97. The first-order chi connectivity index (χ1) is 6.83. The number of unbranched alkanes of at least 4 members (excludes halogenated alkanes) is 1. The van der Waals surface area contributed by atoms with Crippen LogP contribution in [0.5, 0.6) is 0 Å². The van der Waals surface area contributed by atoms with Gasteiger partial charge in [0.1, 0.15) is 0 Å². The van der Waals surface area contributed by atoms with Gasteiger partial charge < -0.3 is 5.73 Å². The fourth-order valence-electron chi connectivity index (χ4n) is 2.36. The first-order valence-corrected chi connectivity index (χ1v) is 5.69. The highest BCUT2D eigenvalue weighted by Crippen LogP contribution is 2.32. The van der Waals surface area contributed by atoms with E-state index in [1.54, 1.807) is 5.56 Å². The highest BCUT2D eigenvalue weighted by atomic mass is 14.6. The average molecular weight is 189 g/mol. The molecule has 0 bridgehead atoms. The first-order valence-electron chi connectivity index (χ1n) is 5.69. The molecule has 1 aromatic carbocycles. The molecular formula is C13H19N. The van der Waals surface area contributed by atoms with Gasteiger partial charge in [-0.1, -0.05) is 31.5 Å². The summed E-state index contributed by atoms with van der Waals surface area (Å²) in [6.07, 6.45) is 6.13. The maximum absolute atomic E-state index is 6.04. The van der Waals surface area contributed by atoms with Crippen LogP contribution in [0, 0.1) is 0 Å². The van der Waals surface area contributed by atoms with Gasteiger partial charge in [-0.3, -0.25) is 0 Å². The van der Waals surface area contributed by atoms with Crippen LogP contribution in [0.25, 0.3) is 0 Å². The zero-order valence-electron chi connectivity index (χ0n) is 8.92. The van der Waals surface area contributed by atoms with Gasteiger partial charge in [0, 0.05) is 6.04 Å². The number of nitrogens with two attached hydrogens (primary N) is 1. The molecule has 0 aliphatic heterocycles. The van der Waals surface area contributed by atoms with Crippen molar-refractivity contribution >= 4 is 0 Å². The fourth-order valence-corrected chi connectivity index (χ4v) is 2.36. The van der Waals surface area contributed by atoms with E-state index >= 15 is 0 Å². The third-order valence-corrected chi connectivity index (χ3v) is 3.21. The van der Waals surface area contributed by atoms with E-state index < -0.39 is 0 Å². The molecule has 2 N–H and O–H groups in total. The van der Waals surface area contributed by atoms with Gasteiger partial charge in [-0.15, -0.1) is 0 Å². The normalized spacial score (nSPS) is 19.7. The SMILES string of the molecule is CCCCc1cccc2c1CCC2N. The number of aryl methyl sites for hydroxylation is 1. The summed E-state index contributed by atoms with van der Waals surface area (Å²) in [6, 6.07) is 6.93. The minimum atomic E-state index is 0.298. The van der Waals surface area contributed by atoms with Gasteiger partial charge in [-0.2, -0.15) is 0 Å². The monoisotopic (exact) mass is 189 g/mol. The quantitative estimate of drug-likeness (QED) is 0.777. The lowest BCUT2D eigenvalue weighted by Crippen LogP contribution is -2.05. The third kappa shape index (κ3) is 1.69. The van der Waals surface area contributed by atoms with E-state index in [-0.39, 0.29) is 0 Å². The molecule has 2 rings (SSSR count). The second-order valence-electron chi connectivity index (χ2n) is 4.23. The molecule has 76 valence electrons. The Morgan fingerprint density at radius 1 is 1.43 bits per heavy atom. The maximum atomic E-state index is 6.04.